The summed E-state index contributed by atoms with van der Waals surface area (Å²) in [7, 11) is 4.13. The van der Waals surface area contributed by atoms with E-state index in [2.05, 4.69) is 21.8 Å². The number of nitrogens with two attached hydrogens (primary N) is 1. The lowest BCUT2D eigenvalue weighted by atomic mass is 10.1. The molecule has 1 saturated heterocycles. The van der Waals surface area contributed by atoms with E-state index in [1.807, 2.05) is 7.05 Å². The molecular formula is C12H20N4O2S. The Bertz CT molecular complexity index is 451. The maximum atomic E-state index is 10.8. The number of aliphatic carboxylic acids is 1. The second kappa shape index (κ2) is 5.85. The average Bonchev–Trinajstić information content (AvgIpc) is 2.86. The van der Waals surface area contributed by atoms with E-state index in [1.54, 1.807) is 5.38 Å². The van der Waals surface area contributed by atoms with E-state index in [-0.39, 0.29) is 0 Å². The number of thiazole rings is 1. The van der Waals surface area contributed by atoms with Crippen molar-refractivity contribution in [1.29, 1.82) is 0 Å². The molecule has 2 rings (SSSR count). The SMILES string of the molecule is CN1CCCC(N(C)c2nc(C(N)C(=O)O)cs2)C1. The molecule has 19 heavy (non-hydrogen) atoms. The lowest BCUT2D eigenvalue weighted by Crippen LogP contribution is -2.45. The first-order valence-electron chi connectivity index (χ1n) is 6.34. The van der Waals surface area contributed by atoms with Crippen LogP contribution in [0.4, 0.5) is 5.13 Å². The third-order valence-electron chi connectivity index (χ3n) is 3.54. The summed E-state index contributed by atoms with van der Waals surface area (Å²) in [6.07, 6.45) is 2.32. The first kappa shape index (κ1) is 14.2. The molecule has 0 radical (unpaired) electrons. The predicted molar refractivity (Wildman–Crippen MR) is 75.6 cm³/mol. The van der Waals surface area contributed by atoms with Crippen LogP contribution < -0.4 is 10.6 Å². The number of carboxylic acid groups (broad SMARTS) is 1. The molecule has 1 aromatic heterocycles. The summed E-state index contributed by atoms with van der Waals surface area (Å²) in [5.74, 6) is -1.04. The number of piperidine rings is 1. The number of hydrogen-bond acceptors (Lipinski definition) is 6. The van der Waals surface area contributed by atoms with E-state index in [0.717, 1.165) is 24.6 Å². The van der Waals surface area contributed by atoms with E-state index < -0.39 is 12.0 Å². The molecule has 1 aliphatic rings. The van der Waals surface area contributed by atoms with Gasteiger partial charge in [-0.05, 0) is 26.4 Å². The van der Waals surface area contributed by atoms with Crippen LogP contribution in [-0.2, 0) is 4.79 Å². The summed E-state index contributed by atoms with van der Waals surface area (Å²) in [5, 5.41) is 11.5. The maximum Gasteiger partial charge on any atom is 0.326 e. The normalized spacial score (nSPS) is 22.2. The van der Waals surface area contributed by atoms with Gasteiger partial charge in [0.25, 0.3) is 0 Å². The second-order valence-corrected chi connectivity index (χ2v) is 5.88. The lowest BCUT2D eigenvalue weighted by molar-refractivity contribution is -0.138. The van der Waals surface area contributed by atoms with Gasteiger partial charge < -0.3 is 20.6 Å². The largest absolute Gasteiger partial charge is 0.480 e. The molecule has 6 nitrogen and oxygen atoms in total. The Kier molecular flexibility index (Phi) is 4.38. The smallest absolute Gasteiger partial charge is 0.326 e. The van der Waals surface area contributed by atoms with Crippen molar-refractivity contribution in [3.8, 4) is 0 Å². The molecule has 106 valence electrons. The summed E-state index contributed by atoms with van der Waals surface area (Å²) < 4.78 is 0. The third kappa shape index (κ3) is 3.23. The number of carboxylic acids is 1. The second-order valence-electron chi connectivity index (χ2n) is 5.04. The molecule has 0 bridgehead atoms. The van der Waals surface area contributed by atoms with Crippen molar-refractivity contribution >= 4 is 22.4 Å². The van der Waals surface area contributed by atoms with Crippen LogP contribution in [0, 0.1) is 0 Å². The summed E-state index contributed by atoms with van der Waals surface area (Å²) in [6.45, 7) is 2.15. The Morgan fingerprint density at radius 1 is 1.74 bits per heavy atom. The quantitative estimate of drug-likeness (QED) is 0.849. The Morgan fingerprint density at radius 3 is 3.11 bits per heavy atom. The first-order chi connectivity index (χ1) is 8.99. The molecule has 1 fully saturated rings. The molecule has 7 heteroatoms. The van der Waals surface area contributed by atoms with E-state index in [4.69, 9.17) is 10.8 Å². The van der Waals surface area contributed by atoms with Crippen LogP contribution in [0.2, 0.25) is 0 Å². The topological polar surface area (TPSA) is 82.7 Å². The number of carbonyl (C=O) groups is 1. The Labute approximate surface area is 116 Å². The number of aromatic nitrogens is 1. The molecule has 0 spiro atoms. The number of anilines is 1. The van der Waals surface area contributed by atoms with Gasteiger partial charge in [-0.1, -0.05) is 0 Å². The van der Waals surface area contributed by atoms with Crippen molar-refractivity contribution in [2.24, 2.45) is 5.73 Å². The van der Waals surface area contributed by atoms with Gasteiger partial charge in [-0.2, -0.15) is 0 Å². The number of hydrogen-bond donors (Lipinski definition) is 2. The zero-order valence-electron chi connectivity index (χ0n) is 11.2. The average molecular weight is 284 g/mol. The van der Waals surface area contributed by atoms with Crippen molar-refractivity contribution in [2.75, 3.05) is 32.1 Å². The van der Waals surface area contributed by atoms with Gasteiger partial charge in [0.05, 0.1) is 5.69 Å². The van der Waals surface area contributed by atoms with Gasteiger partial charge in [0.15, 0.2) is 5.13 Å². The van der Waals surface area contributed by atoms with Crippen LogP contribution in [0.5, 0.6) is 0 Å². The molecule has 3 N–H and O–H groups in total. The van der Waals surface area contributed by atoms with Crippen LogP contribution in [0.3, 0.4) is 0 Å². The molecule has 1 aliphatic heterocycles. The minimum Gasteiger partial charge on any atom is -0.480 e. The molecule has 0 aromatic carbocycles. The van der Waals surface area contributed by atoms with Gasteiger partial charge in [-0.25, -0.2) is 4.98 Å². The van der Waals surface area contributed by atoms with Crippen LogP contribution in [-0.4, -0.2) is 54.2 Å². The first-order valence-corrected chi connectivity index (χ1v) is 7.22. The van der Waals surface area contributed by atoms with Crippen molar-refractivity contribution < 1.29 is 9.90 Å². The minimum absolute atomic E-state index is 0.429. The van der Waals surface area contributed by atoms with Crippen molar-refractivity contribution in [3.63, 3.8) is 0 Å². The maximum absolute atomic E-state index is 10.8. The van der Waals surface area contributed by atoms with Gasteiger partial charge in [0, 0.05) is 25.0 Å². The van der Waals surface area contributed by atoms with E-state index in [0.29, 0.717) is 11.7 Å². The zero-order chi connectivity index (χ0) is 14.0. The highest BCUT2D eigenvalue weighted by atomic mass is 32.1. The van der Waals surface area contributed by atoms with Gasteiger partial charge in [-0.3, -0.25) is 4.79 Å². The van der Waals surface area contributed by atoms with E-state index in [1.165, 1.54) is 17.8 Å². The Morgan fingerprint density at radius 2 is 2.47 bits per heavy atom. The van der Waals surface area contributed by atoms with E-state index in [9.17, 15) is 4.79 Å². The van der Waals surface area contributed by atoms with Crippen molar-refractivity contribution in [1.82, 2.24) is 9.88 Å². The number of rotatable bonds is 4. The monoisotopic (exact) mass is 284 g/mol. The van der Waals surface area contributed by atoms with Crippen LogP contribution >= 0.6 is 11.3 Å². The zero-order valence-corrected chi connectivity index (χ0v) is 12.1. The molecule has 0 aliphatic carbocycles. The highest BCUT2D eigenvalue weighted by molar-refractivity contribution is 7.13. The number of likely N-dealkylation sites (tertiary alicyclic amines) is 1. The molecule has 1 aromatic rings. The number of likely N-dealkylation sites (N-methyl/N-ethyl adjacent to an activating group) is 2. The Balaban J connectivity index is 2.07. The fourth-order valence-corrected chi connectivity index (χ4v) is 3.22. The third-order valence-corrected chi connectivity index (χ3v) is 4.49. The molecular weight excluding hydrogens is 264 g/mol. The predicted octanol–water partition coefficient (Wildman–Crippen LogP) is 0.758. The van der Waals surface area contributed by atoms with Crippen LogP contribution in [0.1, 0.15) is 24.6 Å². The molecule has 2 heterocycles. The fraction of sp³-hybridized carbons (Fsp3) is 0.667. The van der Waals surface area contributed by atoms with Gasteiger partial charge in [-0.15, -0.1) is 11.3 Å². The number of nitrogens with zero attached hydrogens (tertiary/aromatic N) is 3. The van der Waals surface area contributed by atoms with Crippen LogP contribution in [0.15, 0.2) is 5.38 Å². The molecule has 2 unspecified atom stereocenters. The molecule has 0 amide bonds. The Hall–Kier alpha value is -1.18. The fourth-order valence-electron chi connectivity index (χ4n) is 2.32. The summed E-state index contributed by atoms with van der Waals surface area (Å²) in [4.78, 5) is 19.6. The molecule has 2 atom stereocenters. The van der Waals surface area contributed by atoms with Crippen LogP contribution in [0.25, 0.3) is 0 Å². The van der Waals surface area contributed by atoms with Gasteiger partial charge in [0.1, 0.15) is 6.04 Å². The summed E-state index contributed by atoms with van der Waals surface area (Å²) >= 11 is 1.45. The van der Waals surface area contributed by atoms with Gasteiger partial charge in [0.2, 0.25) is 0 Å². The highest BCUT2D eigenvalue weighted by Crippen LogP contribution is 2.26. The summed E-state index contributed by atoms with van der Waals surface area (Å²) in [5.41, 5.74) is 6.00. The highest BCUT2D eigenvalue weighted by Gasteiger charge is 2.24. The minimum atomic E-state index is -1.04. The standard InChI is InChI=1S/C12H20N4O2S/c1-15-5-3-4-8(6-15)16(2)12-14-9(7-19-12)10(13)11(17)18/h7-8,10H,3-6,13H2,1-2H3,(H,17,18). The van der Waals surface area contributed by atoms with Crippen molar-refractivity contribution in [3.05, 3.63) is 11.1 Å². The molecule has 0 saturated carbocycles. The lowest BCUT2D eigenvalue weighted by Gasteiger charge is -2.35. The van der Waals surface area contributed by atoms with E-state index >= 15 is 0 Å². The van der Waals surface area contributed by atoms with Gasteiger partial charge >= 0.3 is 5.97 Å². The summed E-state index contributed by atoms with van der Waals surface area (Å²) in [6, 6.07) is -0.605. The van der Waals surface area contributed by atoms with Crippen molar-refractivity contribution in [2.45, 2.75) is 24.9 Å².